The number of thiocarbonyl (C=S) groups is 1. The number of carbonyl (C=O) groups excluding carboxylic acids is 1. The number of hydrogen-bond acceptors (Lipinski definition) is 5. The Morgan fingerprint density at radius 3 is 2.35 bits per heavy atom. The van der Waals surface area contributed by atoms with Crippen molar-refractivity contribution >= 4 is 45.0 Å². The molecule has 0 saturated heterocycles. The van der Waals surface area contributed by atoms with Crippen molar-refractivity contribution in [3.05, 3.63) is 96.1 Å². The van der Waals surface area contributed by atoms with Gasteiger partial charge in [-0.3, -0.25) is 10.1 Å². The van der Waals surface area contributed by atoms with Gasteiger partial charge < -0.3 is 10.1 Å². The van der Waals surface area contributed by atoms with Gasteiger partial charge in [-0.15, -0.1) is 0 Å². The molecular weight excluding hydrogens is 470 g/mol. The fraction of sp³-hybridized carbons (Fsp3) is 0.120. The summed E-state index contributed by atoms with van der Waals surface area (Å²) in [5.74, 6) is 0.238. The second kappa shape index (κ2) is 12.1. The molecule has 0 spiro atoms. The van der Waals surface area contributed by atoms with Crippen LogP contribution in [0.5, 0.6) is 5.75 Å². The standard InChI is InChI=1S/C25H25N3O4S2/c1-32-23-10-6-5-9-20(23)11-16-24(29)28-25(33)27-21-12-14-22(15-13-21)34(30,31)26-18-17-19-7-3-2-4-8-19/h2-16,26H,17-18H2,1H3,(H2,27,28,29,33). The first-order chi connectivity index (χ1) is 16.4. The molecule has 0 atom stereocenters. The number of ether oxygens (including phenoxy) is 1. The van der Waals surface area contributed by atoms with E-state index >= 15 is 0 Å². The highest BCUT2D eigenvalue weighted by Crippen LogP contribution is 2.18. The number of para-hydroxylation sites is 1. The van der Waals surface area contributed by atoms with Crippen molar-refractivity contribution in [1.29, 1.82) is 0 Å². The quantitative estimate of drug-likeness (QED) is 0.309. The van der Waals surface area contributed by atoms with Crippen LogP contribution in [0, 0.1) is 0 Å². The highest BCUT2D eigenvalue weighted by Gasteiger charge is 2.13. The Labute approximate surface area is 204 Å². The zero-order valence-corrected chi connectivity index (χ0v) is 20.2. The van der Waals surface area contributed by atoms with Crippen molar-refractivity contribution in [3.8, 4) is 5.75 Å². The van der Waals surface area contributed by atoms with Gasteiger partial charge in [0.25, 0.3) is 0 Å². The Morgan fingerprint density at radius 1 is 0.971 bits per heavy atom. The zero-order valence-electron chi connectivity index (χ0n) is 18.5. The molecule has 176 valence electrons. The molecule has 0 aliphatic rings. The van der Waals surface area contributed by atoms with Crippen LogP contribution in [0.3, 0.4) is 0 Å². The Kier molecular flexibility index (Phi) is 8.92. The minimum atomic E-state index is -3.63. The SMILES string of the molecule is COc1ccccc1C=CC(=O)NC(=S)Nc1ccc(S(=O)(=O)NCCc2ccccc2)cc1. The van der Waals surface area contributed by atoms with Crippen LogP contribution in [0.1, 0.15) is 11.1 Å². The molecule has 0 aromatic heterocycles. The maximum absolute atomic E-state index is 12.5. The third kappa shape index (κ3) is 7.51. The van der Waals surface area contributed by atoms with E-state index in [1.165, 1.54) is 18.2 Å². The lowest BCUT2D eigenvalue weighted by Crippen LogP contribution is -2.32. The average Bonchev–Trinajstić information content (AvgIpc) is 2.83. The van der Waals surface area contributed by atoms with Gasteiger partial charge in [0.05, 0.1) is 12.0 Å². The number of benzene rings is 3. The van der Waals surface area contributed by atoms with Gasteiger partial charge in [-0.25, -0.2) is 13.1 Å². The molecule has 7 nitrogen and oxygen atoms in total. The van der Waals surface area contributed by atoms with Crippen LogP contribution in [0.4, 0.5) is 5.69 Å². The maximum atomic E-state index is 12.5. The summed E-state index contributed by atoms with van der Waals surface area (Å²) in [6.07, 6.45) is 3.57. The third-order valence-electron chi connectivity index (χ3n) is 4.76. The van der Waals surface area contributed by atoms with Gasteiger partial charge in [0.2, 0.25) is 15.9 Å². The molecule has 34 heavy (non-hydrogen) atoms. The molecule has 9 heteroatoms. The van der Waals surface area contributed by atoms with Crippen molar-refractivity contribution in [2.75, 3.05) is 19.0 Å². The molecule has 0 unspecified atom stereocenters. The molecule has 1 amide bonds. The molecule has 0 fully saturated rings. The van der Waals surface area contributed by atoms with E-state index in [9.17, 15) is 13.2 Å². The number of hydrogen-bond donors (Lipinski definition) is 3. The smallest absolute Gasteiger partial charge is 0.250 e. The van der Waals surface area contributed by atoms with Gasteiger partial charge in [0.1, 0.15) is 5.75 Å². The molecule has 0 bridgehead atoms. The fourth-order valence-corrected chi connectivity index (χ4v) is 4.31. The lowest BCUT2D eigenvalue weighted by Gasteiger charge is -2.10. The lowest BCUT2D eigenvalue weighted by molar-refractivity contribution is -0.115. The van der Waals surface area contributed by atoms with E-state index in [1.54, 1.807) is 31.4 Å². The van der Waals surface area contributed by atoms with Gasteiger partial charge >= 0.3 is 0 Å². The second-order valence-corrected chi connectivity index (χ2v) is 9.35. The number of amides is 1. The molecular formula is C25H25N3O4S2. The topological polar surface area (TPSA) is 96.5 Å². The van der Waals surface area contributed by atoms with Gasteiger partial charge in [-0.05, 0) is 60.6 Å². The molecule has 3 aromatic rings. The van der Waals surface area contributed by atoms with Gasteiger partial charge in [-0.2, -0.15) is 0 Å². The third-order valence-corrected chi connectivity index (χ3v) is 6.44. The predicted molar refractivity (Wildman–Crippen MR) is 138 cm³/mol. The molecule has 3 N–H and O–H groups in total. The summed E-state index contributed by atoms with van der Waals surface area (Å²) in [6, 6.07) is 23.1. The summed E-state index contributed by atoms with van der Waals surface area (Å²) >= 11 is 5.17. The van der Waals surface area contributed by atoms with E-state index in [0.717, 1.165) is 11.1 Å². The lowest BCUT2D eigenvalue weighted by atomic mass is 10.2. The number of sulfonamides is 1. The Balaban J connectivity index is 1.50. The van der Waals surface area contributed by atoms with E-state index in [0.29, 0.717) is 24.4 Å². The van der Waals surface area contributed by atoms with Gasteiger partial charge in [0.15, 0.2) is 5.11 Å². The summed E-state index contributed by atoms with van der Waals surface area (Å²) in [5, 5.41) is 5.50. The Bertz CT molecular complexity index is 1260. The predicted octanol–water partition coefficient (Wildman–Crippen LogP) is 3.74. The summed E-state index contributed by atoms with van der Waals surface area (Å²) < 4.78 is 32.9. The van der Waals surface area contributed by atoms with Crippen molar-refractivity contribution in [3.63, 3.8) is 0 Å². The number of rotatable bonds is 9. The van der Waals surface area contributed by atoms with E-state index < -0.39 is 15.9 Å². The zero-order chi connectivity index (χ0) is 24.4. The van der Waals surface area contributed by atoms with Crippen molar-refractivity contribution < 1.29 is 17.9 Å². The number of nitrogens with one attached hydrogen (secondary N) is 3. The molecule has 0 aliphatic heterocycles. The normalized spacial score (nSPS) is 11.2. The monoisotopic (exact) mass is 495 g/mol. The number of carbonyl (C=O) groups is 1. The summed E-state index contributed by atoms with van der Waals surface area (Å²) in [5.41, 5.74) is 2.36. The van der Waals surface area contributed by atoms with E-state index in [1.807, 2.05) is 48.5 Å². The van der Waals surface area contributed by atoms with Gasteiger partial charge in [-0.1, -0.05) is 48.5 Å². The van der Waals surface area contributed by atoms with Crippen LogP contribution in [-0.4, -0.2) is 33.1 Å². The molecule has 3 aromatic carbocycles. The first kappa shape index (κ1) is 25.1. The van der Waals surface area contributed by atoms with Crippen molar-refractivity contribution in [2.45, 2.75) is 11.3 Å². The van der Waals surface area contributed by atoms with Crippen LogP contribution >= 0.6 is 12.2 Å². The molecule has 3 rings (SSSR count). The van der Waals surface area contributed by atoms with Crippen LogP contribution < -0.4 is 20.1 Å². The van der Waals surface area contributed by atoms with Crippen LogP contribution in [-0.2, 0) is 21.2 Å². The maximum Gasteiger partial charge on any atom is 0.250 e. The number of anilines is 1. The van der Waals surface area contributed by atoms with E-state index in [2.05, 4.69) is 15.4 Å². The number of methoxy groups -OCH3 is 1. The largest absolute Gasteiger partial charge is 0.496 e. The molecule has 0 saturated carbocycles. The van der Waals surface area contributed by atoms with E-state index in [4.69, 9.17) is 17.0 Å². The summed E-state index contributed by atoms with van der Waals surface area (Å²) in [4.78, 5) is 12.3. The summed E-state index contributed by atoms with van der Waals surface area (Å²) in [6.45, 7) is 0.296. The summed E-state index contributed by atoms with van der Waals surface area (Å²) in [7, 11) is -2.08. The van der Waals surface area contributed by atoms with Crippen molar-refractivity contribution in [2.24, 2.45) is 0 Å². The first-order valence-corrected chi connectivity index (χ1v) is 12.3. The highest BCUT2D eigenvalue weighted by molar-refractivity contribution is 7.89. The van der Waals surface area contributed by atoms with Crippen molar-refractivity contribution in [1.82, 2.24) is 10.0 Å². The van der Waals surface area contributed by atoms with Gasteiger partial charge in [0, 0.05) is 23.9 Å². The minimum absolute atomic E-state index is 0.0891. The van der Waals surface area contributed by atoms with E-state index in [-0.39, 0.29) is 10.0 Å². The van der Waals surface area contributed by atoms with Crippen LogP contribution in [0.2, 0.25) is 0 Å². The highest BCUT2D eigenvalue weighted by atomic mass is 32.2. The minimum Gasteiger partial charge on any atom is -0.496 e. The van der Waals surface area contributed by atoms with Crippen LogP contribution in [0.25, 0.3) is 6.08 Å². The molecule has 0 heterocycles. The molecule has 0 aliphatic carbocycles. The van der Waals surface area contributed by atoms with Crippen LogP contribution in [0.15, 0.2) is 89.8 Å². The first-order valence-electron chi connectivity index (χ1n) is 10.4. The Morgan fingerprint density at radius 2 is 1.65 bits per heavy atom. The average molecular weight is 496 g/mol. The second-order valence-electron chi connectivity index (χ2n) is 7.18. The Hall–Kier alpha value is -3.53. The fourth-order valence-electron chi connectivity index (χ4n) is 3.06. The molecule has 0 radical (unpaired) electrons.